The largest absolute Gasteiger partial charge is 0.343 e. The minimum absolute atomic E-state index is 0.116. The van der Waals surface area contributed by atoms with Crippen molar-refractivity contribution >= 4 is 32.9 Å². The molecule has 31 heavy (non-hydrogen) atoms. The molecule has 0 saturated carbocycles. The number of benzene rings is 3. The lowest BCUT2D eigenvalue weighted by molar-refractivity contribution is -0.659. The number of anilines is 2. The molecule has 2 nitrogen and oxygen atoms in total. The molecule has 2 heteroatoms. The highest BCUT2D eigenvalue weighted by atomic mass is 15.1. The van der Waals surface area contributed by atoms with Crippen LogP contribution < -0.4 is 9.47 Å². The smallest absolute Gasteiger partial charge is 0.224 e. The van der Waals surface area contributed by atoms with E-state index in [4.69, 9.17) is 0 Å². The first-order chi connectivity index (χ1) is 14.8. The molecule has 1 aromatic heterocycles. The number of nitrogens with zero attached hydrogens (tertiary/aromatic N) is 2. The molecular formula is C29H31N2+. The van der Waals surface area contributed by atoms with Gasteiger partial charge in [0, 0.05) is 13.1 Å². The van der Waals surface area contributed by atoms with Gasteiger partial charge in [0.1, 0.15) is 7.05 Å². The molecule has 0 unspecified atom stereocenters. The molecule has 3 aromatic carbocycles. The monoisotopic (exact) mass is 407 g/mol. The normalized spacial score (nSPS) is 15.0. The zero-order valence-corrected chi connectivity index (χ0v) is 19.6. The van der Waals surface area contributed by atoms with E-state index in [1.807, 2.05) is 0 Å². The molecule has 6 rings (SSSR count). The van der Waals surface area contributed by atoms with E-state index in [1.54, 1.807) is 5.56 Å². The summed E-state index contributed by atoms with van der Waals surface area (Å²) in [6.07, 6.45) is 5.84. The van der Waals surface area contributed by atoms with Crippen LogP contribution in [0.5, 0.6) is 0 Å². The van der Waals surface area contributed by atoms with Crippen molar-refractivity contribution in [1.29, 1.82) is 0 Å². The van der Waals surface area contributed by atoms with Crippen LogP contribution in [-0.4, -0.2) is 7.05 Å². The van der Waals surface area contributed by atoms with Gasteiger partial charge in [-0.25, -0.2) is 4.57 Å². The van der Waals surface area contributed by atoms with Gasteiger partial charge in [0.2, 0.25) is 5.69 Å². The molecule has 1 aliphatic heterocycles. The van der Waals surface area contributed by atoms with E-state index in [2.05, 4.69) is 93.9 Å². The van der Waals surface area contributed by atoms with Gasteiger partial charge in [0.05, 0.1) is 22.3 Å². The van der Waals surface area contributed by atoms with Crippen LogP contribution in [0.2, 0.25) is 0 Å². The second-order valence-electron chi connectivity index (χ2n) is 10.6. The standard InChI is InChI=1S/C29H31N2/c1-17-21-11-7-9-18-10-8-12-22(25(18)21)27-24(17)28-26-19(13-14-30(28)5)15-20(29(2,3)4)16-23(26)31(27)6/h7,9,11,13-16H,8,10,12H2,1-6H3/q+1. The van der Waals surface area contributed by atoms with Gasteiger partial charge < -0.3 is 4.90 Å². The van der Waals surface area contributed by atoms with E-state index >= 15 is 0 Å². The zero-order valence-electron chi connectivity index (χ0n) is 19.6. The maximum Gasteiger partial charge on any atom is 0.224 e. The lowest BCUT2D eigenvalue weighted by atomic mass is 9.79. The Kier molecular flexibility index (Phi) is 3.71. The Hall–Kier alpha value is -2.87. The van der Waals surface area contributed by atoms with Crippen molar-refractivity contribution in [2.45, 2.75) is 52.4 Å². The molecule has 0 fully saturated rings. The first kappa shape index (κ1) is 18.9. The summed E-state index contributed by atoms with van der Waals surface area (Å²) < 4.78 is 2.34. The van der Waals surface area contributed by atoms with Crippen molar-refractivity contribution in [3.63, 3.8) is 0 Å². The molecular weight excluding hydrogens is 376 g/mol. The van der Waals surface area contributed by atoms with Crippen molar-refractivity contribution < 1.29 is 4.57 Å². The number of rotatable bonds is 0. The first-order valence-electron chi connectivity index (χ1n) is 11.6. The van der Waals surface area contributed by atoms with Crippen LogP contribution in [0.1, 0.15) is 49.4 Å². The molecule has 0 atom stereocenters. The summed E-state index contributed by atoms with van der Waals surface area (Å²) in [5, 5.41) is 5.68. The van der Waals surface area contributed by atoms with Gasteiger partial charge in [-0.1, -0.05) is 39.0 Å². The Bertz CT molecular complexity index is 1420. The van der Waals surface area contributed by atoms with Gasteiger partial charge in [-0.05, 0) is 82.1 Å². The fourth-order valence-electron chi connectivity index (χ4n) is 6.02. The van der Waals surface area contributed by atoms with E-state index in [0.717, 1.165) is 6.42 Å². The van der Waals surface area contributed by atoms with E-state index in [-0.39, 0.29) is 5.41 Å². The second kappa shape index (κ2) is 6.09. The molecule has 0 amide bonds. The Morgan fingerprint density at radius 1 is 1.00 bits per heavy atom. The van der Waals surface area contributed by atoms with Gasteiger partial charge >= 0.3 is 0 Å². The molecule has 1 aliphatic carbocycles. The van der Waals surface area contributed by atoms with Crippen LogP contribution >= 0.6 is 0 Å². The highest BCUT2D eigenvalue weighted by molar-refractivity contribution is 6.14. The number of hydrogen-bond donors (Lipinski definition) is 0. The van der Waals surface area contributed by atoms with Gasteiger partial charge in [-0.2, -0.15) is 0 Å². The predicted octanol–water partition coefficient (Wildman–Crippen LogP) is 6.66. The zero-order chi connectivity index (χ0) is 21.7. The Morgan fingerprint density at radius 3 is 2.58 bits per heavy atom. The lowest BCUT2D eigenvalue weighted by Crippen LogP contribution is -2.34. The van der Waals surface area contributed by atoms with E-state index in [9.17, 15) is 0 Å². The number of aromatic nitrogens is 1. The average molecular weight is 408 g/mol. The quantitative estimate of drug-likeness (QED) is 0.296. The number of pyridine rings is 1. The van der Waals surface area contributed by atoms with Crippen molar-refractivity contribution in [2.75, 3.05) is 11.9 Å². The van der Waals surface area contributed by atoms with Crippen molar-refractivity contribution in [1.82, 2.24) is 0 Å². The van der Waals surface area contributed by atoms with E-state index < -0.39 is 0 Å². The predicted molar refractivity (Wildman–Crippen MR) is 132 cm³/mol. The molecule has 156 valence electrons. The molecule has 0 N–H and O–H groups in total. The molecule has 0 saturated heterocycles. The number of fused-ring (bicyclic) bond motifs is 3. The summed E-state index contributed by atoms with van der Waals surface area (Å²) in [5.74, 6) is 0. The Morgan fingerprint density at radius 2 is 1.81 bits per heavy atom. The third-order valence-corrected chi connectivity index (χ3v) is 7.64. The fraction of sp³-hybridized carbons (Fsp3) is 0.345. The van der Waals surface area contributed by atoms with Crippen molar-refractivity contribution in [3.05, 3.63) is 64.8 Å². The van der Waals surface area contributed by atoms with Crippen LogP contribution in [0.4, 0.5) is 11.4 Å². The summed E-state index contributed by atoms with van der Waals surface area (Å²) in [7, 11) is 4.49. The minimum Gasteiger partial charge on any atom is -0.343 e. The molecule has 0 spiro atoms. The van der Waals surface area contributed by atoms with Crippen LogP contribution in [-0.2, 0) is 25.3 Å². The highest BCUT2D eigenvalue weighted by Gasteiger charge is 2.35. The molecule has 0 radical (unpaired) electrons. The molecule has 4 aromatic rings. The van der Waals surface area contributed by atoms with E-state index in [1.165, 1.54) is 73.7 Å². The van der Waals surface area contributed by atoms with Crippen LogP contribution in [0.15, 0.2) is 42.6 Å². The van der Waals surface area contributed by atoms with Gasteiger partial charge in [-0.15, -0.1) is 0 Å². The summed E-state index contributed by atoms with van der Waals surface area (Å²) in [6.45, 7) is 9.27. The third kappa shape index (κ3) is 2.42. The number of aryl methyl sites for hydroxylation is 4. The first-order valence-corrected chi connectivity index (χ1v) is 11.6. The SMILES string of the molecule is Cc1c2c(c3c4c(cccc14)CCC3)N(C)c1cc(C(C)(C)C)cc3cc[n+](C)c-2c13. The second-order valence-corrected chi connectivity index (χ2v) is 10.6. The molecule has 2 aliphatic rings. The van der Waals surface area contributed by atoms with Gasteiger partial charge in [-0.3, -0.25) is 0 Å². The van der Waals surface area contributed by atoms with Crippen LogP contribution in [0, 0.1) is 6.92 Å². The minimum atomic E-state index is 0.116. The number of hydrogen-bond acceptors (Lipinski definition) is 1. The Labute approximate surface area is 185 Å². The maximum absolute atomic E-state index is 2.50. The molecule has 0 bridgehead atoms. The third-order valence-electron chi connectivity index (χ3n) is 7.64. The van der Waals surface area contributed by atoms with Crippen LogP contribution in [0.25, 0.3) is 32.8 Å². The summed E-state index contributed by atoms with van der Waals surface area (Å²) >= 11 is 0. The lowest BCUT2D eigenvalue weighted by Gasteiger charge is -2.35. The Balaban J connectivity index is 1.84. The average Bonchev–Trinajstić information content (AvgIpc) is 2.74. The van der Waals surface area contributed by atoms with Gasteiger partial charge in [0.25, 0.3) is 0 Å². The van der Waals surface area contributed by atoms with Crippen LogP contribution in [0.3, 0.4) is 0 Å². The fourth-order valence-corrected chi connectivity index (χ4v) is 6.02. The van der Waals surface area contributed by atoms with Gasteiger partial charge in [0.15, 0.2) is 6.20 Å². The van der Waals surface area contributed by atoms with Crippen molar-refractivity contribution in [3.8, 4) is 11.3 Å². The summed E-state index contributed by atoms with van der Waals surface area (Å²) in [6, 6.07) is 14.1. The van der Waals surface area contributed by atoms with E-state index in [0.29, 0.717) is 0 Å². The summed E-state index contributed by atoms with van der Waals surface area (Å²) in [4.78, 5) is 2.50. The maximum atomic E-state index is 2.50. The topological polar surface area (TPSA) is 7.12 Å². The summed E-state index contributed by atoms with van der Waals surface area (Å²) in [5.41, 5.74) is 11.6. The van der Waals surface area contributed by atoms with Crippen molar-refractivity contribution in [2.24, 2.45) is 7.05 Å². The molecule has 2 heterocycles. The highest BCUT2D eigenvalue weighted by Crippen LogP contribution is 2.53.